The van der Waals surface area contributed by atoms with Crippen LogP contribution in [0.2, 0.25) is 0 Å². The molecule has 24 heavy (non-hydrogen) atoms. The molecule has 7 nitrogen and oxygen atoms in total. The highest BCUT2D eigenvalue weighted by atomic mass is 79.9. The second kappa shape index (κ2) is 6.01. The van der Waals surface area contributed by atoms with Crippen molar-refractivity contribution in [1.82, 2.24) is 20.2 Å². The lowest BCUT2D eigenvalue weighted by molar-refractivity contribution is -0.150. The Labute approximate surface area is 148 Å². The highest BCUT2D eigenvalue weighted by Crippen LogP contribution is 2.38. The van der Waals surface area contributed by atoms with Gasteiger partial charge >= 0.3 is 5.97 Å². The van der Waals surface area contributed by atoms with E-state index >= 15 is 0 Å². The van der Waals surface area contributed by atoms with Crippen molar-refractivity contribution >= 4 is 27.8 Å². The summed E-state index contributed by atoms with van der Waals surface area (Å²) in [4.78, 5) is 12.8. The van der Waals surface area contributed by atoms with E-state index < -0.39 is 17.6 Å². The minimum absolute atomic E-state index is 0.394. The van der Waals surface area contributed by atoms with E-state index in [0.29, 0.717) is 17.2 Å². The summed E-state index contributed by atoms with van der Waals surface area (Å²) in [6.07, 6.45) is 0. The summed E-state index contributed by atoms with van der Waals surface area (Å²) >= 11 is 3.55. The van der Waals surface area contributed by atoms with Crippen molar-refractivity contribution in [3.63, 3.8) is 0 Å². The molecular weight excluding hydrogens is 374 g/mol. The molecule has 1 aromatic carbocycles. The molecule has 0 saturated carbocycles. The number of nitrogens with one attached hydrogen (secondary N) is 1. The summed E-state index contributed by atoms with van der Waals surface area (Å²) in [5.74, 6) is 0.0926. The number of carbonyl (C=O) groups excluding carboxylic acids is 1. The number of esters is 1. The fraction of sp³-hybridized carbons (Fsp3) is 0.375. The summed E-state index contributed by atoms with van der Waals surface area (Å²) in [7, 11) is 0. The van der Waals surface area contributed by atoms with Crippen molar-refractivity contribution in [2.45, 2.75) is 39.3 Å². The van der Waals surface area contributed by atoms with Crippen LogP contribution in [0, 0.1) is 0 Å². The number of benzene rings is 1. The maximum Gasteiger partial charge on any atom is 0.338 e. The number of fused-ring (bicyclic) bond motifs is 1. The van der Waals surface area contributed by atoms with Crippen LogP contribution in [0.5, 0.6) is 0 Å². The lowest BCUT2D eigenvalue weighted by atomic mass is 9.95. The molecule has 1 aliphatic heterocycles. The summed E-state index contributed by atoms with van der Waals surface area (Å²) in [5, 5.41) is 14.8. The first kappa shape index (κ1) is 16.6. The Morgan fingerprint density at radius 2 is 2.04 bits per heavy atom. The summed E-state index contributed by atoms with van der Waals surface area (Å²) in [6, 6.07) is 7.21. The van der Waals surface area contributed by atoms with Crippen molar-refractivity contribution < 1.29 is 9.53 Å². The molecular formula is C16H18BrN5O2. The molecule has 2 heterocycles. The van der Waals surface area contributed by atoms with Gasteiger partial charge in [-0.15, -0.1) is 0 Å². The second-order valence-corrected chi connectivity index (χ2v) is 7.39. The minimum atomic E-state index is -0.594. The fourth-order valence-corrected chi connectivity index (χ4v) is 3.10. The lowest BCUT2D eigenvalue weighted by Gasteiger charge is -2.30. The third kappa shape index (κ3) is 3.06. The van der Waals surface area contributed by atoms with Crippen LogP contribution in [-0.4, -0.2) is 31.8 Å². The smallest absolute Gasteiger partial charge is 0.338 e. The van der Waals surface area contributed by atoms with Crippen molar-refractivity contribution in [3.05, 3.63) is 45.6 Å². The van der Waals surface area contributed by atoms with E-state index in [1.807, 2.05) is 52.0 Å². The van der Waals surface area contributed by atoms with Gasteiger partial charge in [0.15, 0.2) is 0 Å². The molecule has 3 rings (SSSR count). The van der Waals surface area contributed by atoms with Crippen LogP contribution in [0.25, 0.3) is 0 Å². The Morgan fingerprint density at radius 3 is 2.71 bits per heavy atom. The molecule has 0 bridgehead atoms. The number of allylic oxidation sites excluding steroid dienone is 1. The number of rotatable bonds is 2. The van der Waals surface area contributed by atoms with E-state index in [9.17, 15) is 4.79 Å². The molecule has 126 valence electrons. The first-order chi connectivity index (χ1) is 11.3. The third-order valence-corrected chi connectivity index (χ3v) is 4.25. The van der Waals surface area contributed by atoms with Crippen LogP contribution in [0.15, 0.2) is 40.0 Å². The number of ether oxygens (including phenoxy) is 1. The Hall–Kier alpha value is -2.22. The molecule has 1 aliphatic rings. The summed E-state index contributed by atoms with van der Waals surface area (Å²) in [5.41, 5.74) is 1.45. The van der Waals surface area contributed by atoms with Gasteiger partial charge in [-0.3, -0.25) is 0 Å². The van der Waals surface area contributed by atoms with Gasteiger partial charge in [0.25, 0.3) is 0 Å². The first-order valence-electron chi connectivity index (χ1n) is 7.51. The summed E-state index contributed by atoms with van der Waals surface area (Å²) < 4.78 is 8.05. The van der Waals surface area contributed by atoms with E-state index in [1.54, 1.807) is 4.68 Å². The van der Waals surface area contributed by atoms with E-state index in [0.717, 1.165) is 10.0 Å². The molecule has 0 spiro atoms. The normalized spacial score (nSPS) is 17.3. The number of nitrogens with zero attached hydrogens (tertiary/aromatic N) is 4. The molecule has 1 aromatic heterocycles. The summed E-state index contributed by atoms with van der Waals surface area (Å²) in [6.45, 7) is 7.34. The molecule has 0 fully saturated rings. The standard InChI is InChI=1S/C16H18BrN5O2/c1-9-12(14(23)24-16(2,3)4)13(10-7-5-6-8-11(10)17)22-15(18-9)19-20-21-22/h5-8,13H,1-4H3,(H,18,19,21). The number of hydrogen-bond acceptors (Lipinski definition) is 6. The zero-order valence-corrected chi connectivity index (χ0v) is 15.5. The Morgan fingerprint density at radius 1 is 1.33 bits per heavy atom. The highest BCUT2D eigenvalue weighted by Gasteiger charge is 2.37. The van der Waals surface area contributed by atoms with Crippen molar-refractivity contribution in [2.24, 2.45) is 0 Å². The molecule has 0 radical (unpaired) electrons. The number of hydrogen-bond donors (Lipinski definition) is 1. The van der Waals surface area contributed by atoms with Crippen molar-refractivity contribution in [3.8, 4) is 0 Å². The van der Waals surface area contributed by atoms with E-state index in [2.05, 4.69) is 36.8 Å². The van der Waals surface area contributed by atoms with Crippen LogP contribution in [-0.2, 0) is 9.53 Å². The molecule has 1 atom stereocenters. The Kier molecular flexibility index (Phi) is 4.16. The molecule has 1 N–H and O–H groups in total. The first-order valence-corrected chi connectivity index (χ1v) is 8.30. The van der Waals surface area contributed by atoms with Crippen LogP contribution < -0.4 is 5.32 Å². The number of halogens is 1. The number of tetrazole rings is 1. The molecule has 0 amide bonds. The molecule has 1 unspecified atom stereocenters. The molecule has 0 saturated heterocycles. The lowest BCUT2D eigenvalue weighted by Crippen LogP contribution is -2.33. The third-order valence-electron chi connectivity index (χ3n) is 3.53. The quantitative estimate of drug-likeness (QED) is 0.792. The fourth-order valence-electron chi connectivity index (χ4n) is 2.59. The Balaban J connectivity index is 2.14. The average molecular weight is 392 g/mol. The van der Waals surface area contributed by atoms with Crippen LogP contribution in [0.3, 0.4) is 0 Å². The van der Waals surface area contributed by atoms with Crippen molar-refractivity contribution in [2.75, 3.05) is 5.32 Å². The SMILES string of the molecule is CC1=C(C(=O)OC(C)(C)C)C(c2ccccc2Br)n2nnnc2N1. The van der Waals surface area contributed by atoms with Gasteiger partial charge in [-0.05, 0) is 49.8 Å². The average Bonchev–Trinajstić information content (AvgIpc) is 2.92. The van der Waals surface area contributed by atoms with Gasteiger partial charge in [-0.25, -0.2) is 4.79 Å². The minimum Gasteiger partial charge on any atom is -0.456 e. The zero-order valence-electron chi connectivity index (χ0n) is 13.9. The van der Waals surface area contributed by atoms with Gasteiger partial charge in [0, 0.05) is 10.2 Å². The van der Waals surface area contributed by atoms with Gasteiger partial charge < -0.3 is 10.1 Å². The van der Waals surface area contributed by atoms with E-state index in [1.165, 1.54) is 0 Å². The monoisotopic (exact) mass is 391 g/mol. The number of anilines is 1. The maximum atomic E-state index is 12.8. The van der Waals surface area contributed by atoms with Gasteiger partial charge in [-0.1, -0.05) is 39.2 Å². The van der Waals surface area contributed by atoms with Gasteiger partial charge in [-0.2, -0.15) is 4.68 Å². The largest absolute Gasteiger partial charge is 0.456 e. The number of carbonyl (C=O) groups is 1. The maximum absolute atomic E-state index is 12.8. The predicted molar refractivity (Wildman–Crippen MR) is 92.3 cm³/mol. The van der Waals surface area contributed by atoms with E-state index in [4.69, 9.17) is 4.74 Å². The molecule has 0 aliphatic carbocycles. The predicted octanol–water partition coefficient (Wildman–Crippen LogP) is 3.07. The van der Waals surface area contributed by atoms with Crippen LogP contribution in [0.4, 0.5) is 5.95 Å². The van der Waals surface area contributed by atoms with Crippen LogP contribution >= 0.6 is 15.9 Å². The molecule has 2 aromatic rings. The molecule has 8 heteroatoms. The second-order valence-electron chi connectivity index (χ2n) is 6.54. The van der Waals surface area contributed by atoms with Crippen LogP contribution in [0.1, 0.15) is 39.3 Å². The Bertz CT molecular complexity index is 822. The highest BCUT2D eigenvalue weighted by molar-refractivity contribution is 9.10. The van der Waals surface area contributed by atoms with Gasteiger partial charge in [0.1, 0.15) is 11.6 Å². The topological polar surface area (TPSA) is 81.9 Å². The van der Waals surface area contributed by atoms with Gasteiger partial charge in [0.05, 0.1) is 5.57 Å². The number of aromatic nitrogens is 4. The van der Waals surface area contributed by atoms with Gasteiger partial charge in [0.2, 0.25) is 5.95 Å². The van der Waals surface area contributed by atoms with Crippen molar-refractivity contribution in [1.29, 1.82) is 0 Å². The zero-order chi connectivity index (χ0) is 17.5. The van der Waals surface area contributed by atoms with E-state index in [-0.39, 0.29) is 0 Å².